The summed E-state index contributed by atoms with van der Waals surface area (Å²) >= 11 is 0. The third kappa shape index (κ3) is 3.71. The molecule has 0 aliphatic heterocycles. The highest BCUT2D eigenvalue weighted by atomic mass is 16.5. The fourth-order valence-electron chi connectivity index (χ4n) is 2.31. The standard InChI is InChI=1S/C15H20N4O4/c1-3-23-14(20)5-4-6-19-12-8-13(22-2)11(15(16)18-21)7-10(12)9-17-19/h7-9,21H,3-6H2,1-2H3,(H2,16,18). The summed E-state index contributed by atoms with van der Waals surface area (Å²) in [6, 6.07) is 3.53. The zero-order chi connectivity index (χ0) is 16.8. The average Bonchev–Trinajstić information content (AvgIpc) is 2.95. The number of carbonyl (C=O) groups is 1. The first-order valence-electron chi connectivity index (χ1n) is 7.27. The SMILES string of the molecule is CCOC(=O)CCCn1ncc2cc(C(N)=NO)c(OC)cc21. The van der Waals surface area contributed by atoms with E-state index in [0.717, 1.165) is 10.9 Å². The number of hydrogen-bond donors (Lipinski definition) is 2. The molecule has 0 aliphatic carbocycles. The second-order valence-corrected chi connectivity index (χ2v) is 4.87. The van der Waals surface area contributed by atoms with Gasteiger partial charge in [-0.2, -0.15) is 5.10 Å². The summed E-state index contributed by atoms with van der Waals surface area (Å²) in [6.45, 7) is 2.75. The van der Waals surface area contributed by atoms with Gasteiger partial charge in [0.25, 0.3) is 0 Å². The van der Waals surface area contributed by atoms with Crippen LogP contribution in [0, 0.1) is 0 Å². The Morgan fingerprint density at radius 2 is 2.26 bits per heavy atom. The van der Waals surface area contributed by atoms with Crippen molar-refractivity contribution in [2.75, 3.05) is 13.7 Å². The predicted octanol–water partition coefficient (Wildman–Crippen LogP) is 1.48. The van der Waals surface area contributed by atoms with Gasteiger partial charge in [-0.25, -0.2) is 0 Å². The summed E-state index contributed by atoms with van der Waals surface area (Å²) in [5, 5.41) is 17.0. The highest BCUT2D eigenvalue weighted by Gasteiger charge is 2.13. The lowest BCUT2D eigenvalue weighted by atomic mass is 10.1. The minimum absolute atomic E-state index is 0.0289. The van der Waals surface area contributed by atoms with Crippen LogP contribution < -0.4 is 10.5 Å². The van der Waals surface area contributed by atoms with Crippen molar-refractivity contribution >= 4 is 22.7 Å². The Hall–Kier alpha value is -2.77. The predicted molar refractivity (Wildman–Crippen MR) is 84.7 cm³/mol. The van der Waals surface area contributed by atoms with Crippen LogP contribution in [-0.2, 0) is 16.1 Å². The van der Waals surface area contributed by atoms with Crippen molar-refractivity contribution in [2.24, 2.45) is 10.9 Å². The first kappa shape index (κ1) is 16.6. The van der Waals surface area contributed by atoms with Gasteiger partial charge >= 0.3 is 5.97 Å². The second-order valence-electron chi connectivity index (χ2n) is 4.87. The lowest BCUT2D eigenvalue weighted by Crippen LogP contribution is -2.14. The molecule has 23 heavy (non-hydrogen) atoms. The molecule has 0 radical (unpaired) electrons. The molecule has 0 spiro atoms. The van der Waals surface area contributed by atoms with Crippen LogP contribution in [0.25, 0.3) is 10.9 Å². The molecule has 2 aromatic rings. The largest absolute Gasteiger partial charge is 0.496 e. The van der Waals surface area contributed by atoms with Gasteiger partial charge in [0.15, 0.2) is 5.84 Å². The molecule has 1 aromatic heterocycles. The topological polar surface area (TPSA) is 112 Å². The fraction of sp³-hybridized carbons (Fsp3) is 0.400. The molecule has 8 heteroatoms. The van der Waals surface area contributed by atoms with Gasteiger partial charge in [0.2, 0.25) is 0 Å². The molecular weight excluding hydrogens is 300 g/mol. The average molecular weight is 320 g/mol. The van der Waals surface area contributed by atoms with E-state index in [9.17, 15) is 4.79 Å². The molecule has 0 saturated carbocycles. The third-order valence-corrected chi connectivity index (χ3v) is 3.40. The van der Waals surface area contributed by atoms with Gasteiger partial charge < -0.3 is 20.4 Å². The number of esters is 1. The van der Waals surface area contributed by atoms with Crippen LogP contribution >= 0.6 is 0 Å². The van der Waals surface area contributed by atoms with Crippen molar-refractivity contribution in [3.05, 3.63) is 23.9 Å². The molecule has 0 unspecified atom stereocenters. The number of rotatable bonds is 7. The number of fused-ring (bicyclic) bond motifs is 1. The quantitative estimate of drug-likeness (QED) is 0.263. The molecule has 124 valence electrons. The number of nitrogens with zero attached hydrogens (tertiary/aromatic N) is 3. The van der Waals surface area contributed by atoms with E-state index in [1.165, 1.54) is 7.11 Å². The smallest absolute Gasteiger partial charge is 0.305 e. The van der Waals surface area contributed by atoms with E-state index in [2.05, 4.69) is 10.3 Å². The molecule has 1 aromatic carbocycles. The maximum Gasteiger partial charge on any atom is 0.305 e. The number of amidine groups is 1. The normalized spacial score (nSPS) is 11.7. The van der Waals surface area contributed by atoms with Gasteiger partial charge in [-0.15, -0.1) is 0 Å². The van der Waals surface area contributed by atoms with Gasteiger partial charge in [-0.05, 0) is 19.4 Å². The third-order valence-electron chi connectivity index (χ3n) is 3.40. The summed E-state index contributed by atoms with van der Waals surface area (Å²) in [7, 11) is 1.51. The van der Waals surface area contributed by atoms with Crippen LogP contribution in [0.5, 0.6) is 5.75 Å². The summed E-state index contributed by atoms with van der Waals surface area (Å²) in [5.74, 6) is 0.245. The Bertz CT molecular complexity index is 724. The number of ether oxygens (including phenoxy) is 2. The molecule has 2 rings (SSSR count). The Labute approximate surface area is 133 Å². The van der Waals surface area contributed by atoms with Crippen molar-refractivity contribution in [3.63, 3.8) is 0 Å². The van der Waals surface area contributed by atoms with Crippen molar-refractivity contribution in [1.82, 2.24) is 9.78 Å². The number of benzene rings is 1. The van der Waals surface area contributed by atoms with E-state index in [1.807, 2.05) is 0 Å². The Morgan fingerprint density at radius 1 is 1.48 bits per heavy atom. The molecule has 8 nitrogen and oxygen atoms in total. The van der Waals surface area contributed by atoms with Gasteiger partial charge in [-0.3, -0.25) is 9.48 Å². The second kappa shape index (κ2) is 7.48. The van der Waals surface area contributed by atoms with E-state index in [-0.39, 0.29) is 11.8 Å². The minimum atomic E-state index is -0.212. The number of aryl methyl sites for hydroxylation is 1. The van der Waals surface area contributed by atoms with E-state index in [4.69, 9.17) is 20.4 Å². The molecule has 3 N–H and O–H groups in total. The van der Waals surface area contributed by atoms with Crippen molar-refractivity contribution in [3.8, 4) is 5.75 Å². The highest BCUT2D eigenvalue weighted by molar-refractivity contribution is 6.03. The molecule has 0 aliphatic rings. The van der Waals surface area contributed by atoms with E-state index < -0.39 is 0 Å². The monoisotopic (exact) mass is 320 g/mol. The fourth-order valence-corrected chi connectivity index (χ4v) is 2.31. The summed E-state index contributed by atoms with van der Waals surface area (Å²) in [6.07, 6.45) is 2.65. The number of aromatic nitrogens is 2. The lowest BCUT2D eigenvalue weighted by molar-refractivity contribution is -0.143. The van der Waals surface area contributed by atoms with Crippen molar-refractivity contribution in [1.29, 1.82) is 0 Å². The maximum absolute atomic E-state index is 11.4. The first-order valence-corrected chi connectivity index (χ1v) is 7.27. The molecular formula is C15H20N4O4. The van der Waals surface area contributed by atoms with Crippen LogP contribution in [0.4, 0.5) is 0 Å². The molecule has 1 heterocycles. The summed E-state index contributed by atoms with van der Waals surface area (Å²) in [4.78, 5) is 11.4. The molecule has 0 atom stereocenters. The van der Waals surface area contributed by atoms with Crippen LogP contribution in [0.2, 0.25) is 0 Å². The van der Waals surface area contributed by atoms with Crippen LogP contribution in [0.3, 0.4) is 0 Å². The number of nitrogens with two attached hydrogens (primary N) is 1. The molecule has 0 saturated heterocycles. The summed E-state index contributed by atoms with van der Waals surface area (Å²) < 4.78 is 12.0. The zero-order valence-electron chi connectivity index (χ0n) is 13.2. The number of carbonyl (C=O) groups excluding carboxylic acids is 1. The highest BCUT2D eigenvalue weighted by Crippen LogP contribution is 2.26. The maximum atomic E-state index is 11.4. The minimum Gasteiger partial charge on any atom is -0.496 e. The number of hydrogen-bond acceptors (Lipinski definition) is 6. The summed E-state index contributed by atoms with van der Waals surface area (Å²) in [5.41, 5.74) is 6.99. The zero-order valence-corrected chi connectivity index (χ0v) is 13.2. The lowest BCUT2D eigenvalue weighted by Gasteiger charge is -2.09. The Balaban J connectivity index is 2.21. The van der Waals surface area contributed by atoms with E-state index >= 15 is 0 Å². The Kier molecular flexibility index (Phi) is 5.40. The van der Waals surface area contributed by atoms with Crippen LogP contribution in [0.15, 0.2) is 23.5 Å². The van der Waals surface area contributed by atoms with E-state index in [0.29, 0.717) is 37.3 Å². The van der Waals surface area contributed by atoms with Crippen LogP contribution in [-0.4, -0.2) is 40.5 Å². The number of methoxy groups -OCH3 is 1. The van der Waals surface area contributed by atoms with Gasteiger partial charge in [-0.1, -0.05) is 5.16 Å². The van der Waals surface area contributed by atoms with Gasteiger partial charge in [0, 0.05) is 24.4 Å². The van der Waals surface area contributed by atoms with Gasteiger partial charge in [0.05, 0.1) is 31.0 Å². The van der Waals surface area contributed by atoms with E-state index in [1.54, 1.807) is 29.9 Å². The Morgan fingerprint density at radius 3 is 2.91 bits per heavy atom. The molecule has 0 amide bonds. The van der Waals surface area contributed by atoms with Gasteiger partial charge in [0.1, 0.15) is 5.75 Å². The first-order chi connectivity index (χ1) is 11.1. The van der Waals surface area contributed by atoms with Crippen molar-refractivity contribution in [2.45, 2.75) is 26.3 Å². The van der Waals surface area contributed by atoms with Crippen LogP contribution in [0.1, 0.15) is 25.3 Å². The van der Waals surface area contributed by atoms with Crippen molar-refractivity contribution < 1.29 is 19.5 Å². The molecule has 0 fully saturated rings. The molecule has 0 bridgehead atoms. The number of oxime groups is 1.